The first kappa shape index (κ1) is 13.2. The van der Waals surface area contributed by atoms with Crippen molar-refractivity contribution < 1.29 is 4.79 Å². The van der Waals surface area contributed by atoms with Crippen LogP contribution < -0.4 is 5.32 Å². The monoisotopic (exact) mass is 315 g/mol. The van der Waals surface area contributed by atoms with Gasteiger partial charge >= 0.3 is 0 Å². The van der Waals surface area contributed by atoms with E-state index in [1.807, 2.05) is 30.3 Å². The zero-order valence-corrected chi connectivity index (χ0v) is 12.7. The molecule has 5 rings (SSSR count). The fraction of sp³-hybridized carbons (Fsp3) is 0.111. The maximum atomic E-state index is 12.2. The van der Waals surface area contributed by atoms with Gasteiger partial charge in [-0.15, -0.1) is 0 Å². The van der Waals surface area contributed by atoms with Crippen molar-refractivity contribution in [1.29, 1.82) is 0 Å². The van der Waals surface area contributed by atoms with Crippen LogP contribution in [-0.4, -0.2) is 26.1 Å². The van der Waals surface area contributed by atoms with E-state index in [1.54, 1.807) is 12.4 Å². The third-order valence-corrected chi connectivity index (χ3v) is 4.47. The molecule has 0 aliphatic carbocycles. The quantitative estimate of drug-likeness (QED) is 0.565. The van der Waals surface area contributed by atoms with Gasteiger partial charge in [-0.05, 0) is 29.8 Å². The van der Waals surface area contributed by atoms with Crippen molar-refractivity contribution in [1.82, 2.24) is 20.2 Å². The topological polar surface area (TPSA) is 83.6 Å². The Morgan fingerprint density at radius 1 is 1.08 bits per heavy atom. The molecule has 2 N–H and O–H groups in total. The number of amides is 1. The average Bonchev–Trinajstić information content (AvgIpc) is 3.06. The third-order valence-electron chi connectivity index (χ3n) is 4.47. The predicted octanol–water partition coefficient (Wildman–Crippen LogP) is 2.98. The van der Waals surface area contributed by atoms with Crippen LogP contribution in [0.3, 0.4) is 0 Å². The molecular formula is C18H13N5O. The number of fused-ring (bicyclic) bond motifs is 3. The van der Waals surface area contributed by atoms with Gasteiger partial charge in [0.05, 0.1) is 28.4 Å². The highest BCUT2D eigenvalue weighted by molar-refractivity contribution is 5.98. The van der Waals surface area contributed by atoms with Crippen LogP contribution in [0.1, 0.15) is 23.6 Å². The van der Waals surface area contributed by atoms with E-state index in [2.05, 4.69) is 26.6 Å². The molecule has 0 fully saturated rings. The van der Waals surface area contributed by atoms with Gasteiger partial charge in [0.2, 0.25) is 5.91 Å². The number of nitrogens with one attached hydrogen (secondary N) is 2. The third kappa shape index (κ3) is 1.96. The van der Waals surface area contributed by atoms with Crippen LogP contribution >= 0.6 is 0 Å². The Labute approximate surface area is 136 Å². The molecular weight excluding hydrogens is 302 g/mol. The van der Waals surface area contributed by atoms with Crippen molar-refractivity contribution in [3.05, 3.63) is 60.0 Å². The standard InChI is InChI=1S/C18H13N5O/c24-18-6-12(17-9-19-13-3-1-2-4-14(13)21-17)11-5-10-8-20-23-15(10)7-16(11)22-18/h1-5,7-9,12H,6H2,(H,20,23)(H,22,24). The molecule has 24 heavy (non-hydrogen) atoms. The molecule has 6 nitrogen and oxygen atoms in total. The molecule has 0 saturated carbocycles. The highest BCUT2D eigenvalue weighted by atomic mass is 16.1. The van der Waals surface area contributed by atoms with E-state index >= 15 is 0 Å². The Kier molecular flexibility index (Phi) is 2.67. The number of nitrogens with zero attached hydrogens (tertiary/aromatic N) is 3. The number of hydrogen-bond acceptors (Lipinski definition) is 4. The van der Waals surface area contributed by atoms with Crippen molar-refractivity contribution in [3.63, 3.8) is 0 Å². The second-order valence-electron chi connectivity index (χ2n) is 5.99. The second-order valence-corrected chi connectivity index (χ2v) is 5.99. The lowest BCUT2D eigenvalue weighted by atomic mass is 9.87. The number of H-pyrrole nitrogens is 1. The summed E-state index contributed by atoms with van der Waals surface area (Å²) >= 11 is 0. The second kappa shape index (κ2) is 4.86. The molecule has 2 aromatic carbocycles. The van der Waals surface area contributed by atoms with E-state index in [4.69, 9.17) is 4.98 Å². The minimum Gasteiger partial charge on any atom is -0.326 e. The Bertz CT molecular complexity index is 1100. The van der Waals surface area contributed by atoms with Gasteiger partial charge in [-0.2, -0.15) is 5.10 Å². The molecule has 0 saturated heterocycles. The normalized spacial score (nSPS) is 17.0. The number of aromatic nitrogens is 4. The van der Waals surface area contributed by atoms with Crippen LogP contribution in [0, 0.1) is 0 Å². The van der Waals surface area contributed by atoms with Gasteiger partial charge < -0.3 is 5.32 Å². The van der Waals surface area contributed by atoms with Crippen molar-refractivity contribution in [3.8, 4) is 0 Å². The number of anilines is 1. The summed E-state index contributed by atoms with van der Waals surface area (Å²) < 4.78 is 0. The maximum absolute atomic E-state index is 12.2. The molecule has 6 heteroatoms. The van der Waals surface area contributed by atoms with E-state index in [-0.39, 0.29) is 11.8 Å². The van der Waals surface area contributed by atoms with Crippen molar-refractivity contribution >= 4 is 33.5 Å². The fourth-order valence-electron chi connectivity index (χ4n) is 3.31. The van der Waals surface area contributed by atoms with E-state index in [9.17, 15) is 4.79 Å². The summed E-state index contributed by atoms with van der Waals surface area (Å²) in [7, 11) is 0. The van der Waals surface area contributed by atoms with Crippen LogP contribution in [-0.2, 0) is 4.79 Å². The van der Waals surface area contributed by atoms with Gasteiger partial charge in [0, 0.05) is 29.6 Å². The van der Waals surface area contributed by atoms with Crippen LogP contribution in [0.15, 0.2) is 48.8 Å². The molecule has 2 aromatic heterocycles. The molecule has 1 amide bonds. The average molecular weight is 315 g/mol. The Hall–Kier alpha value is -3.28. The fourth-order valence-corrected chi connectivity index (χ4v) is 3.31. The van der Waals surface area contributed by atoms with Crippen molar-refractivity contribution in [2.24, 2.45) is 0 Å². The lowest BCUT2D eigenvalue weighted by molar-refractivity contribution is -0.116. The van der Waals surface area contributed by atoms with Crippen molar-refractivity contribution in [2.45, 2.75) is 12.3 Å². The number of rotatable bonds is 1. The van der Waals surface area contributed by atoms with Crippen LogP contribution in [0.5, 0.6) is 0 Å². The molecule has 1 aliphatic rings. The minimum atomic E-state index is -0.106. The van der Waals surface area contributed by atoms with E-state index < -0.39 is 0 Å². The highest BCUT2D eigenvalue weighted by Gasteiger charge is 2.28. The maximum Gasteiger partial charge on any atom is 0.225 e. The van der Waals surface area contributed by atoms with E-state index in [0.29, 0.717) is 6.42 Å². The zero-order chi connectivity index (χ0) is 16.1. The molecule has 3 heterocycles. The number of benzene rings is 2. The van der Waals surface area contributed by atoms with Gasteiger partial charge in [-0.1, -0.05) is 12.1 Å². The Morgan fingerprint density at radius 3 is 2.88 bits per heavy atom. The van der Waals surface area contributed by atoms with Crippen LogP contribution in [0.4, 0.5) is 5.69 Å². The first-order chi connectivity index (χ1) is 11.8. The number of para-hydroxylation sites is 2. The first-order valence-electron chi connectivity index (χ1n) is 7.76. The molecule has 1 atom stereocenters. The lowest BCUT2D eigenvalue weighted by Gasteiger charge is -2.25. The lowest BCUT2D eigenvalue weighted by Crippen LogP contribution is -2.24. The predicted molar refractivity (Wildman–Crippen MR) is 90.7 cm³/mol. The SMILES string of the molecule is O=C1CC(c2cnc3ccccc3n2)c2cc3cn[nH]c3cc2N1. The summed E-state index contributed by atoms with van der Waals surface area (Å²) in [5.41, 5.74) is 5.27. The van der Waals surface area contributed by atoms with Gasteiger partial charge in [0.1, 0.15) is 0 Å². The molecule has 1 unspecified atom stereocenters. The zero-order valence-electron chi connectivity index (χ0n) is 12.7. The molecule has 0 radical (unpaired) electrons. The van der Waals surface area contributed by atoms with Gasteiger partial charge in [0.15, 0.2) is 0 Å². The van der Waals surface area contributed by atoms with Gasteiger partial charge in [-0.25, -0.2) is 4.98 Å². The largest absolute Gasteiger partial charge is 0.326 e. The smallest absolute Gasteiger partial charge is 0.225 e. The molecule has 4 aromatic rings. The molecule has 0 spiro atoms. The van der Waals surface area contributed by atoms with E-state index in [0.717, 1.165) is 38.9 Å². The first-order valence-corrected chi connectivity index (χ1v) is 7.76. The number of aromatic amines is 1. The van der Waals surface area contributed by atoms with Gasteiger partial charge in [0.25, 0.3) is 0 Å². The van der Waals surface area contributed by atoms with Crippen molar-refractivity contribution in [2.75, 3.05) is 5.32 Å². The summed E-state index contributed by atoms with van der Waals surface area (Å²) in [5.74, 6) is -0.119. The molecule has 0 bridgehead atoms. The summed E-state index contributed by atoms with van der Waals surface area (Å²) in [6.07, 6.45) is 3.92. The highest BCUT2D eigenvalue weighted by Crippen LogP contribution is 2.38. The van der Waals surface area contributed by atoms with E-state index in [1.165, 1.54) is 0 Å². The van der Waals surface area contributed by atoms with Gasteiger partial charge in [-0.3, -0.25) is 14.9 Å². The van der Waals surface area contributed by atoms with Crippen LogP contribution in [0.2, 0.25) is 0 Å². The summed E-state index contributed by atoms with van der Waals surface area (Å²) in [5, 5.41) is 11.0. The number of carbonyl (C=O) groups excluding carboxylic acids is 1. The molecule has 116 valence electrons. The minimum absolute atomic E-state index is 0.0127. The number of carbonyl (C=O) groups is 1. The summed E-state index contributed by atoms with van der Waals surface area (Å²) in [6.45, 7) is 0. The Balaban J connectivity index is 1.71. The summed E-state index contributed by atoms with van der Waals surface area (Å²) in [6, 6.07) is 11.7. The molecule has 1 aliphatic heterocycles. The van der Waals surface area contributed by atoms with Crippen LogP contribution in [0.25, 0.3) is 21.9 Å². The summed E-state index contributed by atoms with van der Waals surface area (Å²) in [4.78, 5) is 21.4. The Morgan fingerprint density at radius 2 is 1.96 bits per heavy atom. The number of hydrogen-bond donors (Lipinski definition) is 2.